The van der Waals surface area contributed by atoms with Gasteiger partial charge < -0.3 is 9.30 Å². The molecule has 0 radical (unpaired) electrons. The average Bonchev–Trinajstić information content (AvgIpc) is 3.72. The lowest BCUT2D eigenvalue weighted by Gasteiger charge is -2.26. The molecule has 10 aromatic rings. The van der Waals surface area contributed by atoms with Crippen LogP contribution >= 0.6 is 0 Å². The van der Waals surface area contributed by atoms with Gasteiger partial charge >= 0.3 is 0 Å². The van der Waals surface area contributed by atoms with Crippen LogP contribution in [0.2, 0.25) is 0 Å². The maximum Gasteiger partial charge on any atom is 0.0620 e. The highest BCUT2D eigenvalue weighted by Gasteiger charge is 2.18. The lowest BCUT2D eigenvalue weighted by atomic mass is 10.0. The second kappa shape index (κ2) is 11.5. The van der Waals surface area contributed by atoms with E-state index in [0.29, 0.717) is 0 Å². The Morgan fingerprint density at radius 3 is 1.40 bits per heavy atom. The molecule has 2 aromatic heterocycles. The van der Waals surface area contributed by atoms with Gasteiger partial charge in [0.15, 0.2) is 0 Å². The number of benzene rings is 8. The molecule has 234 valence electrons. The van der Waals surface area contributed by atoms with Crippen LogP contribution in [-0.4, -0.2) is 4.40 Å². The maximum atomic E-state index is 2.44. The smallest absolute Gasteiger partial charge is 0.0620 e. The van der Waals surface area contributed by atoms with Gasteiger partial charge in [0.1, 0.15) is 0 Å². The zero-order valence-corrected chi connectivity index (χ0v) is 27.4. The molecule has 0 aliphatic rings. The summed E-state index contributed by atoms with van der Waals surface area (Å²) in [6.07, 6.45) is 0. The number of aromatic nitrogens is 1. The van der Waals surface area contributed by atoms with Gasteiger partial charge in [-0.15, -0.1) is 0 Å². The highest BCUT2D eigenvalue weighted by molar-refractivity contribution is 6.23. The van der Waals surface area contributed by atoms with E-state index in [0.717, 1.165) is 17.1 Å². The van der Waals surface area contributed by atoms with E-state index < -0.39 is 0 Å². The Bertz CT molecular complexity index is 2690. The van der Waals surface area contributed by atoms with Gasteiger partial charge in [-0.2, -0.15) is 0 Å². The van der Waals surface area contributed by atoms with Gasteiger partial charge in [-0.25, -0.2) is 0 Å². The van der Waals surface area contributed by atoms with Crippen LogP contribution in [0, 0.1) is 0 Å². The minimum atomic E-state index is 1.11. The highest BCUT2D eigenvalue weighted by Crippen LogP contribution is 2.42. The molecule has 0 atom stereocenters. The molecular formula is C48H32N2. The van der Waals surface area contributed by atoms with E-state index in [4.69, 9.17) is 0 Å². The fraction of sp³-hybridized carbons (Fsp3) is 0. The molecule has 8 aromatic carbocycles. The Morgan fingerprint density at radius 1 is 0.280 bits per heavy atom. The predicted octanol–water partition coefficient (Wildman–Crippen LogP) is 13.3. The minimum Gasteiger partial charge on any atom is -0.310 e. The van der Waals surface area contributed by atoms with E-state index in [1.807, 2.05) is 0 Å². The Morgan fingerprint density at radius 2 is 0.740 bits per heavy atom. The van der Waals surface area contributed by atoms with Gasteiger partial charge in [0.05, 0.1) is 16.6 Å². The third-order valence-corrected chi connectivity index (χ3v) is 10.1. The molecule has 2 heterocycles. The summed E-state index contributed by atoms with van der Waals surface area (Å²) in [4.78, 5) is 2.36. The first-order chi connectivity index (χ1) is 24.8. The van der Waals surface area contributed by atoms with Crippen molar-refractivity contribution in [1.29, 1.82) is 0 Å². The first kappa shape index (κ1) is 28.4. The summed E-state index contributed by atoms with van der Waals surface area (Å²) in [5.74, 6) is 0. The van der Waals surface area contributed by atoms with Crippen LogP contribution in [0.5, 0.6) is 0 Å². The number of anilines is 3. The van der Waals surface area contributed by atoms with Crippen LogP contribution in [0.15, 0.2) is 194 Å². The second-order valence-electron chi connectivity index (χ2n) is 13.0. The van der Waals surface area contributed by atoms with E-state index >= 15 is 0 Å². The summed E-state index contributed by atoms with van der Waals surface area (Å²) < 4.78 is 2.44. The molecule has 0 N–H and O–H groups in total. The molecule has 0 fully saturated rings. The van der Waals surface area contributed by atoms with Crippen molar-refractivity contribution in [1.82, 2.24) is 4.40 Å². The summed E-state index contributed by atoms with van der Waals surface area (Å²) in [7, 11) is 0. The number of nitrogens with zero attached hydrogens (tertiary/aromatic N) is 2. The summed E-state index contributed by atoms with van der Waals surface area (Å²) in [5, 5.41) is 5.19. The van der Waals surface area contributed by atoms with Crippen LogP contribution in [0.25, 0.3) is 71.5 Å². The van der Waals surface area contributed by atoms with Crippen molar-refractivity contribution >= 4 is 55.2 Å². The first-order valence-corrected chi connectivity index (χ1v) is 17.2. The molecular weight excluding hydrogens is 605 g/mol. The molecule has 0 bridgehead atoms. The highest BCUT2D eigenvalue weighted by atomic mass is 15.1. The van der Waals surface area contributed by atoms with Gasteiger partial charge in [-0.3, -0.25) is 0 Å². The zero-order valence-electron chi connectivity index (χ0n) is 27.4. The van der Waals surface area contributed by atoms with Gasteiger partial charge in [0.2, 0.25) is 0 Å². The zero-order chi connectivity index (χ0) is 33.0. The molecule has 0 saturated heterocycles. The van der Waals surface area contributed by atoms with E-state index in [9.17, 15) is 0 Å². The first-order valence-electron chi connectivity index (χ1n) is 17.2. The lowest BCUT2D eigenvalue weighted by molar-refractivity contribution is 1.28. The fourth-order valence-electron chi connectivity index (χ4n) is 7.75. The quantitative estimate of drug-likeness (QED) is 0.176. The predicted molar refractivity (Wildman–Crippen MR) is 212 cm³/mol. The fourth-order valence-corrected chi connectivity index (χ4v) is 7.75. The molecule has 0 aliphatic carbocycles. The molecule has 0 amide bonds. The molecule has 0 aliphatic heterocycles. The SMILES string of the molecule is c1ccc(-c2ccc(N(c3ccc(-c4ccccc4)cc3)c3cccc(-c4ccc5c(c4)c4cccc6c7ccccc7n5c64)c3)cc2)cc1. The van der Waals surface area contributed by atoms with E-state index in [1.54, 1.807) is 0 Å². The van der Waals surface area contributed by atoms with Gasteiger partial charge in [-0.05, 0) is 88.0 Å². The second-order valence-corrected chi connectivity index (χ2v) is 13.0. The van der Waals surface area contributed by atoms with Crippen LogP contribution in [0.3, 0.4) is 0 Å². The van der Waals surface area contributed by atoms with Crippen molar-refractivity contribution in [3.63, 3.8) is 0 Å². The van der Waals surface area contributed by atoms with E-state index in [1.165, 1.54) is 71.5 Å². The third-order valence-electron chi connectivity index (χ3n) is 10.1. The maximum absolute atomic E-state index is 2.44. The molecule has 0 spiro atoms. The monoisotopic (exact) mass is 636 g/mol. The third kappa shape index (κ3) is 4.57. The summed E-state index contributed by atoms with van der Waals surface area (Å²) in [6.45, 7) is 0. The van der Waals surface area contributed by atoms with Crippen molar-refractivity contribution in [3.05, 3.63) is 194 Å². The van der Waals surface area contributed by atoms with Gasteiger partial charge in [0.25, 0.3) is 0 Å². The van der Waals surface area contributed by atoms with Crippen LogP contribution in [0.1, 0.15) is 0 Å². The summed E-state index contributed by atoms with van der Waals surface area (Å²) in [5.41, 5.74) is 14.4. The van der Waals surface area contributed by atoms with Crippen molar-refractivity contribution in [2.75, 3.05) is 4.90 Å². The average molecular weight is 637 g/mol. The van der Waals surface area contributed by atoms with E-state index in [-0.39, 0.29) is 0 Å². The van der Waals surface area contributed by atoms with Crippen molar-refractivity contribution in [2.45, 2.75) is 0 Å². The van der Waals surface area contributed by atoms with Crippen molar-refractivity contribution < 1.29 is 0 Å². The van der Waals surface area contributed by atoms with Crippen LogP contribution in [-0.2, 0) is 0 Å². The number of hydrogen-bond acceptors (Lipinski definition) is 1. The van der Waals surface area contributed by atoms with E-state index in [2.05, 4.69) is 203 Å². The molecule has 0 saturated carbocycles. The number of para-hydroxylation sites is 2. The van der Waals surface area contributed by atoms with Gasteiger partial charge in [-0.1, -0.05) is 140 Å². The van der Waals surface area contributed by atoms with Gasteiger partial charge in [0, 0.05) is 38.6 Å². The number of hydrogen-bond donors (Lipinski definition) is 0. The Labute approximate surface area is 291 Å². The minimum absolute atomic E-state index is 1.11. The molecule has 10 rings (SSSR count). The van der Waals surface area contributed by atoms with Crippen molar-refractivity contribution in [3.8, 4) is 33.4 Å². The Hall–Kier alpha value is -6.64. The Kier molecular flexibility index (Phi) is 6.53. The topological polar surface area (TPSA) is 7.65 Å². The molecule has 50 heavy (non-hydrogen) atoms. The van der Waals surface area contributed by atoms with Crippen LogP contribution < -0.4 is 4.90 Å². The summed E-state index contributed by atoms with van der Waals surface area (Å²) in [6, 6.07) is 70.3. The molecule has 2 heteroatoms. The summed E-state index contributed by atoms with van der Waals surface area (Å²) >= 11 is 0. The van der Waals surface area contributed by atoms with Crippen LogP contribution in [0.4, 0.5) is 17.1 Å². The largest absolute Gasteiger partial charge is 0.310 e. The lowest BCUT2D eigenvalue weighted by Crippen LogP contribution is -2.10. The number of fused-ring (bicyclic) bond motifs is 6. The Balaban J connectivity index is 1.09. The number of rotatable bonds is 6. The molecule has 0 unspecified atom stereocenters. The normalized spacial score (nSPS) is 11.6. The van der Waals surface area contributed by atoms with Crippen molar-refractivity contribution in [2.24, 2.45) is 0 Å². The standard InChI is InChI=1S/C48H32N2/c1-3-11-33(12-4-1)35-21-26-39(27-22-35)49(40-28-23-36(24-29-40)34-13-5-2-6-14-34)41-16-9-15-37(31-41)38-25-30-47-45(32-38)44-19-10-18-43-42-17-7-8-20-46(42)50(47)48(43)44/h1-32H. The molecule has 2 nitrogen and oxygen atoms in total.